The van der Waals surface area contributed by atoms with E-state index in [1.165, 1.54) is 44.3 Å². The molecular weight excluding hydrogens is 222 g/mol. The molecule has 2 heteroatoms. The standard InChI is InChI=1S/C16H21NO/c1-18-13-3-4-14-11(8-13)6-7-16-10-17-9-12(16)2-5-15(14)16/h3-4,8,12,15,17H,2,5-7,9-10H2,1H3/t12-,15+,16+/m1/s1. The number of benzene rings is 1. The van der Waals surface area contributed by atoms with Gasteiger partial charge in [-0.1, -0.05) is 6.07 Å². The van der Waals surface area contributed by atoms with Crippen molar-refractivity contribution in [3.8, 4) is 5.75 Å². The lowest BCUT2D eigenvalue weighted by molar-refractivity contribution is 0.202. The van der Waals surface area contributed by atoms with Gasteiger partial charge < -0.3 is 10.1 Å². The molecule has 1 spiro atoms. The molecule has 18 heavy (non-hydrogen) atoms. The number of nitrogens with one attached hydrogen (secondary N) is 1. The number of hydrogen-bond acceptors (Lipinski definition) is 2. The van der Waals surface area contributed by atoms with Gasteiger partial charge in [-0.05, 0) is 72.7 Å². The largest absolute Gasteiger partial charge is 0.497 e. The van der Waals surface area contributed by atoms with E-state index in [-0.39, 0.29) is 0 Å². The highest BCUT2D eigenvalue weighted by Gasteiger charge is 2.54. The van der Waals surface area contributed by atoms with Crippen LogP contribution in [0.25, 0.3) is 0 Å². The van der Waals surface area contributed by atoms with Gasteiger partial charge in [-0.2, -0.15) is 0 Å². The molecule has 0 amide bonds. The first-order valence-electron chi connectivity index (χ1n) is 7.21. The summed E-state index contributed by atoms with van der Waals surface area (Å²) in [6.45, 7) is 2.50. The van der Waals surface area contributed by atoms with Gasteiger partial charge in [0.15, 0.2) is 0 Å². The van der Waals surface area contributed by atoms with Crippen LogP contribution in [-0.4, -0.2) is 20.2 Å². The van der Waals surface area contributed by atoms with Crippen LogP contribution in [0, 0.1) is 11.3 Å². The van der Waals surface area contributed by atoms with E-state index in [2.05, 4.69) is 23.5 Å². The van der Waals surface area contributed by atoms with Crippen molar-refractivity contribution in [3.05, 3.63) is 29.3 Å². The van der Waals surface area contributed by atoms with E-state index in [0.717, 1.165) is 17.6 Å². The number of rotatable bonds is 1. The third-order valence-electron chi connectivity index (χ3n) is 5.74. The van der Waals surface area contributed by atoms with Crippen LogP contribution in [0.1, 0.15) is 36.3 Å². The summed E-state index contributed by atoms with van der Waals surface area (Å²) in [5.41, 5.74) is 3.74. The first kappa shape index (κ1) is 10.9. The van der Waals surface area contributed by atoms with E-state index >= 15 is 0 Å². The average molecular weight is 243 g/mol. The van der Waals surface area contributed by atoms with E-state index < -0.39 is 0 Å². The Bertz CT molecular complexity index is 484. The molecule has 1 saturated carbocycles. The summed E-state index contributed by atoms with van der Waals surface area (Å²) in [6, 6.07) is 6.74. The Hall–Kier alpha value is -1.02. The molecule has 2 aliphatic carbocycles. The second kappa shape index (κ2) is 3.74. The Morgan fingerprint density at radius 3 is 3.17 bits per heavy atom. The fourth-order valence-electron chi connectivity index (χ4n) is 4.84. The molecule has 0 unspecified atom stereocenters. The zero-order chi connectivity index (χ0) is 12.2. The Morgan fingerprint density at radius 2 is 2.28 bits per heavy atom. The minimum Gasteiger partial charge on any atom is -0.497 e. The van der Waals surface area contributed by atoms with Crippen molar-refractivity contribution in [1.82, 2.24) is 5.32 Å². The van der Waals surface area contributed by atoms with Crippen molar-refractivity contribution in [2.24, 2.45) is 11.3 Å². The lowest BCUT2D eigenvalue weighted by Crippen LogP contribution is -2.35. The van der Waals surface area contributed by atoms with E-state index in [4.69, 9.17) is 4.74 Å². The van der Waals surface area contributed by atoms with Crippen molar-refractivity contribution in [3.63, 3.8) is 0 Å². The molecule has 2 fully saturated rings. The number of ether oxygens (including phenoxy) is 1. The first-order chi connectivity index (χ1) is 8.83. The second-order valence-electron chi connectivity index (χ2n) is 6.26. The molecular formula is C16H21NO. The van der Waals surface area contributed by atoms with Gasteiger partial charge >= 0.3 is 0 Å². The maximum absolute atomic E-state index is 5.36. The van der Waals surface area contributed by atoms with E-state index in [0.29, 0.717) is 5.41 Å². The lowest BCUT2D eigenvalue weighted by Gasteiger charge is -2.40. The summed E-state index contributed by atoms with van der Waals surface area (Å²) in [5, 5.41) is 3.64. The van der Waals surface area contributed by atoms with Gasteiger partial charge in [0, 0.05) is 6.54 Å². The molecule has 3 atom stereocenters. The summed E-state index contributed by atoms with van der Waals surface area (Å²) >= 11 is 0. The van der Waals surface area contributed by atoms with Crippen molar-refractivity contribution in [1.29, 1.82) is 0 Å². The van der Waals surface area contributed by atoms with E-state index in [1.54, 1.807) is 12.7 Å². The van der Waals surface area contributed by atoms with Crippen LogP contribution in [0.4, 0.5) is 0 Å². The molecule has 1 saturated heterocycles. The lowest BCUT2D eigenvalue weighted by atomic mass is 9.63. The molecule has 0 bridgehead atoms. The quantitative estimate of drug-likeness (QED) is 0.819. The molecule has 0 radical (unpaired) electrons. The van der Waals surface area contributed by atoms with Gasteiger partial charge in [-0.25, -0.2) is 0 Å². The molecule has 1 aromatic carbocycles. The van der Waals surface area contributed by atoms with Crippen LogP contribution in [0.2, 0.25) is 0 Å². The number of methoxy groups -OCH3 is 1. The maximum atomic E-state index is 5.36. The number of fused-ring (bicyclic) bond motifs is 2. The van der Waals surface area contributed by atoms with Gasteiger partial charge in [0.05, 0.1) is 7.11 Å². The van der Waals surface area contributed by atoms with Crippen LogP contribution in [0.15, 0.2) is 18.2 Å². The summed E-state index contributed by atoms with van der Waals surface area (Å²) in [5.74, 6) is 2.74. The molecule has 1 N–H and O–H groups in total. The predicted molar refractivity (Wildman–Crippen MR) is 72.1 cm³/mol. The third kappa shape index (κ3) is 1.27. The summed E-state index contributed by atoms with van der Waals surface area (Å²) in [7, 11) is 1.76. The van der Waals surface area contributed by atoms with Crippen LogP contribution in [0.5, 0.6) is 5.75 Å². The summed E-state index contributed by atoms with van der Waals surface area (Å²) in [6.07, 6.45) is 5.42. The molecule has 1 heterocycles. The van der Waals surface area contributed by atoms with Gasteiger partial charge in [-0.3, -0.25) is 0 Å². The smallest absolute Gasteiger partial charge is 0.119 e. The molecule has 2 nitrogen and oxygen atoms in total. The molecule has 1 aliphatic heterocycles. The SMILES string of the molecule is COc1ccc2c(c1)CC[C@]13CNC[C@H]1CC[C@@H]23. The molecule has 96 valence electrons. The van der Waals surface area contributed by atoms with Gasteiger partial charge in [0.2, 0.25) is 0 Å². The summed E-state index contributed by atoms with van der Waals surface area (Å²) in [4.78, 5) is 0. The Labute approximate surface area is 109 Å². The minimum atomic E-state index is 0.585. The number of hydrogen-bond donors (Lipinski definition) is 1. The van der Waals surface area contributed by atoms with E-state index in [9.17, 15) is 0 Å². The topological polar surface area (TPSA) is 21.3 Å². The highest BCUT2D eigenvalue weighted by atomic mass is 16.5. The highest BCUT2D eigenvalue weighted by Crippen LogP contribution is 2.60. The predicted octanol–water partition coefficient (Wildman–Crippen LogP) is 2.72. The van der Waals surface area contributed by atoms with Gasteiger partial charge in [-0.15, -0.1) is 0 Å². The zero-order valence-corrected chi connectivity index (χ0v) is 11.0. The Morgan fingerprint density at radius 1 is 1.33 bits per heavy atom. The van der Waals surface area contributed by atoms with Crippen molar-refractivity contribution in [2.45, 2.75) is 31.6 Å². The van der Waals surface area contributed by atoms with E-state index in [1.807, 2.05) is 0 Å². The fraction of sp³-hybridized carbons (Fsp3) is 0.625. The monoisotopic (exact) mass is 243 g/mol. The normalized spacial score (nSPS) is 36.9. The van der Waals surface area contributed by atoms with Gasteiger partial charge in [0.1, 0.15) is 5.75 Å². The van der Waals surface area contributed by atoms with Gasteiger partial charge in [0.25, 0.3) is 0 Å². The molecule has 1 aromatic rings. The van der Waals surface area contributed by atoms with Crippen LogP contribution in [0.3, 0.4) is 0 Å². The maximum Gasteiger partial charge on any atom is 0.119 e. The zero-order valence-electron chi connectivity index (χ0n) is 11.0. The molecule has 4 rings (SSSR count). The fourth-order valence-corrected chi connectivity index (χ4v) is 4.84. The van der Waals surface area contributed by atoms with Crippen LogP contribution >= 0.6 is 0 Å². The second-order valence-corrected chi connectivity index (χ2v) is 6.26. The van der Waals surface area contributed by atoms with Crippen molar-refractivity contribution < 1.29 is 4.74 Å². The van der Waals surface area contributed by atoms with Crippen LogP contribution < -0.4 is 10.1 Å². The molecule has 3 aliphatic rings. The average Bonchev–Trinajstić information content (AvgIpc) is 2.95. The summed E-state index contributed by atoms with van der Waals surface area (Å²) < 4.78 is 5.36. The Kier molecular flexibility index (Phi) is 2.25. The Balaban J connectivity index is 1.78. The van der Waals surface area contributed by atoms with Crippen LogP contribution in [-0.2, 0) is 6.42 Å². The molecule has 0 aromatic heterocycles. The van der Waals surface area contributed by atoms with Crippen molar-refractivity contribution >= 4 is 0 Å². The highest BCUT2D eigenvalue weighted by molar-refractivity contribution is 5.42. The third-order valence-corrected chi connectivity index (χ3v) is 5.74. The number of aryl methyl sites for hydroxylation is 1. The first-order valence-corrected chi connectivity index (χ1v) is 7.21. The minimum absolute atomic E-state index is 0.585. The van der Waals surface area contributed by atoms with Crippen molar-refractivity contribution in [2.75, 3.05) is 20.2 Å².